The molecule has 14 nitrogen and oxygen atoms in total. The van der Waals surface area contributed by atoms with Crippen molar-refractivity contribution in [2.45, 2.75) is 18.0 Å². The van der Waals surface area contributed by atoms with Gasteiger partial charge in [-0.25, -0.2) is 22.6 Å². The highest BCUT2D eigenvalue weighted by atomic mass is 32.2. The normalized spacial score (nSPS) is 12.0. The van der Waals surface area contributed by atoms with Gasteiger partial charge in [0.2, 0.25) is 5.28 Å². The standard InChI is InChI=1S/C23H23F3N6O8S/c1-15-4-6-16(7-5-15)19-12-20(23(24,25)26)27-31(19)17-8-10-18(11-9-17)41(36,37)28-21(33)13-30(2)32(35)29-40-14-39-22(34)38-3/h4-12H,13-14H2,1-3H3,(H,28,33)/b32-29-. The lowest BCUT2D eigenvalue weighted by atomic mass is 10.1. The van der Waals surface area contributed by atoms with E-state index in [1.165, 1.54) is 12.1 Å². The van der Waals surface area contributed by atoms with Crippen LogP contribution in [0.4, 0.5) is 18.0 Å². The third-order valence-corrected chi connectivity index (χ3v) is 6.56. The van der Waals surface area contributed by atoms with E-state index in [1.807, 2.05) is 6.92 Å². The molecule has 0 aliphatic carbocycles. The van der Waals surface area contributed by atoms with Crippen molar-refractivity contribution in [1.82, 2.24) is 19.5 Å². The number of aryl methyl sites for hydroxylation is 1. The van der Waals surface area contributed by atoms with E-state index in [1.54, 1.807) is 29.0 Å². The summed E-state index contributed by atoms with van der Waals surface area (Å²) in [5, 5.41) is 19.1. The molecule has 220 valence electrons. The Labute approximate surface area is 231 Å². The first-order valence-electron chi connectivity index (χ1n) is 11.3. The number of amides is 1. The second-order valence-corrected chi connectivity index (χ2v) is 9.89. The maximum atomic E-state index is 13.4. The van der Waals surface area contributed by atoms with Gasteiger partial charge in [0.25, 0.3) is 22.7 Å². The van der Waals surface area contributed by atoms with Crippen LogP contribution < -0.4 is 4.72 Å². The fraction of sp³-hybridized carbons (Fsp3) is 0.261. The molecule has 0 aliphatic rings. The van der Waals surface area contributed by atoms with Gasteiger partial charge in [0, 0.05) is 5.56 Å². The quantitative estimate of drug-likeness (QED) is 0.0912. The first kappa shape index (κ1) is 30.7. The molecule has 1 aromatic heterocycles. The van der Waals surface area contributed by atoms with Gasteiger partial charge in [0.15, 0.2) is 12.2 Å². The van der Waals surface area contributed by atoms with Crippen LogP contribution in [0.25, 0.3) is 16.9 Å². The number of alkyl halides is 3. The summed E-state index contributed by atoms with van der Waals surface area (Å²) in [7, 11) is -2.30. The largest absolute Gasteiger partial charge is 0.569 e. The average Bonchev–Trinajstić information content (AvgIpc) is 3.37. The molecule has 1 N–H and O–H groups in total. The van der Waals surface area contributed by atoms with Crippen molar-refractivity contribution >= 4 is 22.1 Å². The van der Waals surface area contributed by atoms with Crippen molar-refractivity contribution < 1.29 is 50.5 Å². The fourth-order valence-electron chi connectivity index (χ4n) is 3.19. The van der Waals surface area contributed by atoms with E-state index in [0.29, 0.717) is 10.6 Å². The molecule has 2 aromatic carbocycles. The van der Waals surface area contributed by atoms with Gasteiger partial charge in [-0.2, -0.15) is 18.3 Å². The van der Waals surface area contributed by atoms with Crippen LogP contribution in [0.3, 0.4) is 0 Å². The minimum atomic E-state index is -4.72. The number of nitrogens with one attached hydrogen (secondary N) is 1. The van der Waals surface area contributed by atoms with Crippen LogP contribution in [0.2, 0.25) is 0 Å². The van der Waals surface area contributed by atoms with Gasteiger partial charge < -0.3 is 19.5 Å². The van der Waals surface area contributed by atoms with Crippen molar-refractivity contribution in [3.63, 3.8) is 0 Å². The summed E-state index contributed by atoms with van der Waals surface area (Å²) < 4.78 is 76.9. The number of hydrogen-bond acceptors (Lipinski definition) is 10. The molecule has 0 saturated heterocycles. The summed E-state index contributed by atoms with van der Waals surface area (Å²) >= 11 is 0. The molecular formula is C23H23F3N6O8S. The lowest BCUT2D eigenvalue weighted by Gasteiger charge is -2.13. The summed E-state index contributed by atoms with van der Waals surface area (Å²) in [5.74, 6) is -1.12. The molecule has 1 heterocycles. The third kappa shape index (κ3) is 8.07. The molecule has 18 heteroatoms. The third-order valence-electron chi connectivity index (χ3n) is 5.18. The number of benzene rings is 2. The Morgan fingerprint density at radius 1 is 1.15 bits per heavy atom. The zero-order valence-corrected chi connectivity index (χ0v) is 22.5. The summed E-state index contributed by atoms with van der Waals surface area (Å²) in [6.07, 6.45) is -5.81. The van der Waals surface area contributed by atoms with Crippen molar-refractivity contribution in [1.29, 1.82) is 0 Å². The Morgan fingerprint density at radius 3 is 2.37 bits per heavy atom. The Bertz CT molecular complexity index is 1520. The molecule has 0 aliphatic heterocycles. The Balaban J connectivity index is 1.73. The lowest BCUT2D eigenvalue weighted by molar-refractivity contribution is -0.704. The van der Waals surface area contributed by atoms with Crippen LogP contribution in [-0.4, -0.2) is 67.7 Å². The van der Waals surface area contributed by atoms with Gasteiger partial charge in [0.05, 0.1) is 35.4 Å². The van der Waals surface area contributed by atoms with Crippen LogP contribution in [0.1, 0.15) is 11.3 Å². The van der Waals surface area contributed by atoms with Crippen molar-refractivity contribution in [2.75, 3.05) is 27.5 Å². The number of carbonyl (C=O) groups is 2. The molecule has 0 atom stereocenters. The predicted octanol–water partition coefficient (Wildman–Crippen LogP) is 3.15. The molecule has 3 aromatic rings. The maximum Gasteiger partial charge on any atom is 0.510 e. The summed E-state index contributed by atoms with van der Waals surface area (Å²) in [4.78, 5) is 26.8. The van der Waals surface area contributed by atoms with Gasteiger partial charge in [0.1, 0.15) is 0 Å². The average molecular weight is 601 g/mol. The van der Waals surface area contributed by atoms with Crippen molar-refractivity contribution in [3.8, 4) is 16.9 Å². The van der Waals surface area contributed by atoms with E-state index in [0.717, 1.165) is 42.6 Å². The molecular weight excluding hydrogens is 577 g/mol. The molecule has 0 spiro atoms. The molecule has 1 amide bonds. The number of hydrazine groups is 1. The van der Waals surface area contributed by atoms with Gasteiger partial charge in [-0.1, -0.05) is 29.8 Å². The van der Waals surface area contributed by atoms with Crippen LogP contribution in [-0.2, 0) is 35.3 Å². The lowest BCUT2D eigenvalue weighted by Crippen LogP contribution is -2.40. The van der Waals surface area contributed by atoms with Crippen molar-refractivity contribution in [3.05, 3.63) is 71.1 Å². The molecule has 3 rings (SSSR count). The maximum absolute atomic E-state index is 13.4. The van der Waals surface area contributed by atoms with E-state index < -0.39 is 47.3 Å². The summed E-state index contributed by atoms with van der Waals surface area (Å²) in [5.41, 5.74) is 0.460. The van der Waals surface area contributed by atoms with E-state index in [9.17, 15) is 36.4 Å². The van der Waals surface area contributed by atoms with Gasteiger partial charge >= 0.3 is 12.3 Å². The Hall–Kier alpha value is -4.87. The molecule has 0 unspecified atom stereocenters. The summed E-state index contributed by atoms with van der Waals surface area (Å²) in [6.45, 7) is 0.279. The van der Waals surface area contributed by atoms with Crippen LogP contribution in [0, 0.1) is 12.1 Å². The Kier molecular flexibility index (Phi) is 9.38. The Morgan fingerprint density at radius 2 is 1.78 bits per heavy atom. The smallest absolute Gasteiger partial charge is 0.510 e. The fourth-order valence-corrected chi connectivity index (χ4v) is 4.17. The highest BCUT2D eigenvalue weighted by molar-refractivity contribution is 7.90. The number of hydrogen-bond donors (Lipinski definition) is 1. The van der Waals surface area contributed by atoms with E-state index in [4.69, 9.17) is 0 Å². The number of ether oxygens (including phenoxy) is 2. The first-order valence-corrected chi connectivity index (χ1v) is 12.8. The SMILES string of the molecule is COC(=O)OCO/N=[N+](\[O-])N(C)CC(=O)NS(=O)(=O)c1ccc(-n2nc(C(F)(F)F)cc2-c2ccc(C)cc2)cc1. The van der Waals surface area contributed by atoms with Gasteiger partial charge in [-0.15, -0.1) is 5.01 Å². The number of nitrogens with zero attached hydrogens (tertiary/aromatic N) is 5. The number of carbonyl (C=O) groups excluding carboxylic acids is 2. The van der Waals surface area contributed by atoms with Crippen LogP contribution >= 0.6 is 0 Å². The molecule has 0 bridgehead atoms. The van der Waals surface area contributed by atoms with E-state index in [2.05, 4.69) is 24.7 Å². The monoisotopic (exact) mass is 600 g/mol. The topological polar surface area (TPSA) is 167 Å². The number of sulfonamides is 1. The van der Waals surface area contributed by atoms with Crippen LogP contribution in [0.15, 0.2) is 64.8 Å². The highest BCUT2D eigenvalue weighted by Crippen LogP contribution is 2.33. The molecule has 0 radical (unpaired) electrons. The number of likely N-dealkylation sites (N-methyl/N-ethyl adjacent to an activating group) is 1. The predicted molar refractivity (Wildman–Crippen MR) is 132 cm³/mol. The number of rotatable bonds is 10. The minimum absolute atomic E-state index is 0.123. The van der Waals surface area contributed by atoms with E-state index >= 15 is 0 Å². The van der Waals surface area contributed by atoms with Gasteiger partial charge in [-0.3, -0.25) is 4.79 Å². The minimum Gasteiger partial charge on any atom is -0.569 e. The zero-order valence-electron chi connectivity index (χ0n) is 21.7. The highest BCUT2D eigenvalue weighted by Gasteiger charge is 2.35. The molecule has 41 heavy (non-hydrogen) atoms. The summed E-state index contributed by atoms with van der Waals surface area (Å²) in [6, 6.07) is 12.2. The first-order chi connectivity index (χ1) is 19.2. The molecule has 0 saturated carbocycles. The van der Waals surface area contributed by atoms with E-state index in [-0.39, 0.29) is 21.2 Å². The number of methoxy groups -OCH3 is 1. The molecule has 0 fully saturated rings. The number of aromatic nitrogens is 2. The van der Waals surface area contributed by atoms with Crippen LogP contribution in [0.5, 0.6) is 0 Å². The van der Waals surface area contributed by atoms with Gasteiger partial charge in [-0.05, 0) is 37.3 Å². The second kappa shape index (κ2) is 12.5. The van der Waals surface area contributed by atoms with Crippen molar-refractivity contribution in [2.24, 2.45) is 5.28 Å². The zero-order chi connectivity index (χ0) is 30.4. The second-order valence-electron chi connectivity index (χ2n) is 8.21. The number of halogens is 3.